The molecule has 198 valence electrons. The van der Waals surface area contributed by atoms with Gasteiger partial charge in [0, 0.05) is 33.8 Å². The van der Waals surface area contributed by atoms with Crippen LogP contribution in [0.4, 0.5) is 4.39 Å². The van der Waals surface area contributed by atoms with Crippen molar-refractivity contribution in [2.45, 2.75) is 51.2 Å². The summed E-state index contributed by atoms with van der Waals surface area (Å²) in [5, 5.41) is 0.642. The molecule has 2 unspecified atom stereocenters. The van der Waals surface area contributed by atoms with E-state index in [1.165, 1.54) is 18.5 Å². The molecule has 1 aliphatic rings. The highest BCUT2D eigenvalue weighted by molar-refractivity contribution is 7.33. The first-order valence-electron chi connectivity index (χ1n) is 12.1. The molecule has 0 amide bonds. The number of nitrogens with one attached hydrogen (secondary N) is 1. The Balaban J connectivity index is 1.56. The summed E-state index contributed by atoms with van der Waals surface area (Å²) in [6.07, 6.45) is 7.16. The van der Waals surface area contributed by atoms with Gasteiger partial charge < -0.3 is 4.98 Å². The number of rotatable bonds is 10. The Kier molecular flexibility index (Phi) is 8.38. The van der Waals surface area contributed by atoms with E-state index in [0.717, 1.165) is 5.56 Å². The number of allylic oxidation sites excluding steroid dienone is 1. The number of H-pyrrole nitrogens is 1. The smallest absolute Gasteiger partial charge is 0.358 e. The highest BCUT2D eigenvalue weighted by Crippen LogP contribution is 2.31. The molecule has 0 radical (unpaired) electrons. The number of nitrogens with zero attached hydrogens (tertiary/aromatic N) is 1. The highest BCUT2D eigenvalue weighted by atomic mass is 35.5. The summed E-state index contributed by atoms with van der Waals surface area (Å²) in [4.78, 5) is 34.3. The van der Waals surface area contributed by atoms with Crippen molar-refractivity contribution in [3.05, 3.63) is 92.5 Å². The minimum atomic E-state index is -2.27. The minimum absolute atomic E-state index is 0.0189. The van der Waals surface area contributed by atoms with Gasteiger partial charge in [0.05, 0.1) is 11.1 Å². The SMILES string of the molecule is CC(C)(C)O[P+](=O)OCCCc1cc(F)c2[nH]cc(C(=O)C3(Cc4ccc(Cl)cc4)C=CC=N3)c(=O)c2c1. The van der Waals surface area contributed by atoms with Gasteiger partial charge in [-0.05, 0) is 81.2 Å². The van der Waals surface area contributed by atoms with Gasteiger partial charge >= 0.3 is 8.25 Å². The van der Waals surface area contributed by atoms with E-state index < -0.39 is 36.4 Å². The lowest BCUT2D eigenvalue weighted by Gasteiger charge is -2.23. The van der Waals surface area contributed by atoms with Gasteiger partial charge in [0.1, 0.15) is 23.6 Å². The molecule has 0 saturated heterocycles. The van der Waals surface area contributed by atoms with Crippen molar-refractivity contribution in [3.63, 3.8) is 0 Å². The molecule has 2 aromatic carbocycles. The number of aliphatic imine (C=N–C) groups is 1. The van der Waals surface area contributed by atoms with E-state index in [-0.39, 0.29) is 29.5 Å². The number of carbonyl (C=O) groups is 1. The van der Waals surface area contributed by atoms with E-state index >= 15 is 0 Å². The zero-order valence-electron chi connectivity index (χ0n) is 21.3. The highest BCUT2D eigenvalue weighted by Gasteiger charge is 2.39. The van der Waals surface area contributed by atoms with Crippen LogP contribution in [-0.4, -0.2) is 34.7 Å². The number of pyridine rings is 1. The van der Waals surface area contributed by atoms with Gasteiger partial charge in [0.15, 0.2) is 11.2 Å². The Morgan fingerprint density at radius 1 is 1.18 bits per heavy atom. The summed E-state index contributed by atoms with van der Waals surface area (Å²) >= 11 is 5.99. The Morgan fingerprint density at radius 3 is 2.58 bits per heavy atom. The lowest BCUT2D eigenvalue weighted by Crippen LogP contribution is -2.38. The number of hydrogen-bond acceptors (Lipinski definition) is 6. The number of halogens is 2. The molecule has 1 N–H and O–H groups in total. The Labute approximate surface area is 225 Å². The fraction of sp³-hybridized carbons (Fsp3) is 0.321. The standard InChI is InChI=1S/C28H27ClFN2O5P/c1-27(2,3)37-38(35)36-13-4-6-19-14-21-24(23(30)15-19)31-17-22(25(21)33)26(34)28(11-5-12-32-28)16-18-7-9-20(29)10-8-18/h5,7-12,14-15,17H,4,6,13,16H2,1-3H3/p+1. The third-order valence-electron chi connectivity index (χ3n) is 5.94. The van der Waals surface area contributed by atoms with E-state index in [1.807, 2.05) is 0 Å². The number of benzene rings is 2. The molecule has 0 spiro atoms. The summed E-state index contributed by atoms with van der Waals surface area (Å²) in [5.41, 5.74) is -1.17. The maximum atomic E-state index is 14.9. The molecule has 1 aromatic heterocycles. The normalized spacial score (nSPS) is 17.3. The predicted molar refractivity (Wildman–Crippen MR) is 147 cm³/mol. The van der Waals surface area contributed by atoms with Gasteiger partial charge in [-0.2, -0.15) is 0 Å². The number of aryl methyl sites for hydroxylation is 1. The largest absolute Gasteiger partial charge is 0.697 e. The number of carbonyl (C=O) groups excluding carboxylic acids is 1. The topological polar surface area (TPSA) is 97.8 Å². The van der Waals surface area contributed by atoms with Crippen molar-refractivity contribution in [3.8, 4) is 0 Å². The van der Waals surface area contributed by atoms with Gasteiger partial charge in [-0.1, -0.05) is 23.7 Å². The van der Waals surface area contributed by atoms with Crippen molar-refractivity contribution < 1.29 is 22.8 Å². The van der Waals surface area contributed by atoms with Crippen LogP contribution in [-0.2, 0) is 26.5 Å². The molecular formula is C28H28ClFN2O5P+. The maximum absolute atomic E-state index is 14.9. The molecule has 0 bridgehead atoms. The van der Waals surface area contributed by atoms with Crippen LogP contribution in [0.3, 0.4) is 0 Å². The molecule has 38 heavy (non-hydrogen) atoms. The van der Waals surface area contributed by atoms with E-state index in [2.05, 4.69) is 9.98 Å². The molecular weight excluding hydrogens is 530 g/mol. The second-order valence-electron chi connectivity index (χ2n) is 10.1. The molecule has 3 aromatic rings. The van der Waals surface area contributed by atoms with Gasteiger partial charge in [0.25, 0.3) is 0 Å². The molecule has 0 saturated carbocycles. The van der Waals surface area contributed by atoms with Crippen LogP contribution in [0, 0.1) is 5.82 Å². The molecule has 10 heteroatoms. The summed E-state index contributed by atoms with van der Waals surface area (Å²) < 4.78 is 37.2. The molecule has 0 fully saturated rings. The third-order valence-corrected chi connectivity index (χ3v) is 7.28. The van der Waals surface area contributed by atoms with Crippen molar-refractivity contribution in [1.82, 2.24) is 4.98 Å². The molecule has 0 aliphatic carbocycles. The first-order valence-corrected chi connectivity index (χ1v) is 13.6. The summed E-state index contributed by atoms with van der Waals surface area (Å²) in [7, 11) is -2.27. The lowest BCUT2D eigenvalue weighted by atomic mass is 9.84. The summed E-state index contributed by atoms with van der Waals surface area (Å²) in [6, 6.07) is 9.97. The van der Waals surface area contributed by atoms with Crippen LogP contribution in [0.25, 0.3) is 10.9 Å². The fourth-order valence-electron chi connectivity index (χ4n) is 4.21. The summed E-state index contributed by atoms with van der Waals surface area (Å²) in [6.45, 7) is 5.45. The number of aromatic amines is 1. The third kappa shape index (κ3) is 6.51. The Bertz CT molecular complexity index is 1480. The predicted octanol–water partition coefficient (Wildman–Crippen LogP) is 6.55. The molecule has 1 aliphatic heterocycles. The monoisotopic (exact) mass is 557 g/mol. The second-order valence-corrected chi connectivity index (χ2v) is 11.4. The summed E-state index contributed by atoms with van der Waals surface area (Å²) in [5.74, 6) is -1.09. The first kappa shape index (κ1) is 28.0. The van der Waals surface area contributed by atoms with Crippen molar-refractivity contribution >= 4 is 42.8 Å². The van der Waals surface area contributed by atoms with Gasteiger partial charge in [0.2, 0.25) is 0 Å². The van der Waals surface area contributed by atoms with E-state index in [0.29, 0.717) is 23.4 Å². The van der Waals surface area contributed by atoms with E-state index in [9.17, 15) is 18.5 Å². The first-order chi connectivity index (χ1) is 18.0. The van der Waals surface area contributed by atoms with Crippen LogP contribution in [0.2, 0.25) is 5.02 Å². The molecule has 4 rings (SSSR count). The quantitative estimate of drug-likeness (QED) is 0.173. The maximum Gasteiger partial charge on any atom is 0.697 e. The van der Waals surface area contributed by atoms with Crippen LogP contribution in [0.15, 0.2) is 64.5 Å². The Hall–Kier alpha value is -3.03. The number of aromatic nitrogens is 1. The van der Waals surface area contributed by atoms with Gasteiger partial charge in [-0.15, -0.1) is 9.05 Å². The van der Waals surface area contributed by atoms with Gasteiger partial charge in [-0.3, -0.25) is 14.6 Å². The fourth-order valence-corrected chi connectivity index (χ4v) is 5.11. The molecule has 2 heterocycles. The zero-order chi connectivity index (χ0) is 27.5. The van der Waals surface area contributed by atoms with Gasteiger partial charge in [-0.25, -0.2) is 4.39 Å². The average Bonchev–Trinajstić information content (AvgIpc) is 3.32. The van der Waals surface area contributed by atoms with Crippen LogP contribution < -0.4 is 5.43 Å². The number of fused-ring (bicyclic) bond motifs is 1. The number of Topliss-reactive ketones (excluding diaryl/α,β-unsaturated/α-hetero) is 1. The van der Waals surface area contributed by atoms with Crippen molar-refractivity contribution in [2.24, 2.45) is 4.99 Å². The van der Waals surface area contributed by atoms with E-state index in [4.69, 9.17) is 20.6 Å². The van der Waals surface area contributed by atoms with Crippen LogP contribution in [0.1, 0.15) is 48.7 Å². The minimum Gasteiger partial charge on any atom is -0.358 e. The van der Waals surface area contributed by atoms with Crippen LogP contribution in [0.5, 0.6) is 0 Å². The molecule has 7 nitrogen and oxygen atoms in total. The van der Waals surface area contributed by atoms with Crippen molar-refractivity contribution in [1.29, 1.82) is 0 Å². The van der Waals surface area contributed by atoms with E-state index in [1.54, 1.807) is 63.3 Å². The van der Waals surface area contributed by atoms with Crippen molar-refractivity contribution in [2.75, 3.05) is 6.61 Å². The molecule has 2 atom stereocenters. The number of hydrogen-bond donors (Lipinski definition) is 1. The number of ketones is 1. The zero-order valence-corrected chi connectivity index (χ0v) is 22.9. The second kappa shape index (κ2) is 11.4. The lowest BCUT2D eigenvalue weighted by molar-refractivity contribution is 0.0922. The van der Waals surface area contributed by atoms with Crippen LogP contribution >= 0.6 is 19.9 Å². The average molecular weight is 558 g/mol. The Morgan fingerprint density at radius 2 is 1.92 bits per heavy atom.